The van der Waals surface area contributed by atoms with Gasteiger partial charge in [0.1, 0.15) is 5.82 Å². The van der Waals surface area contributed by atoms with Crippen molar-refractivity contribution in [1.82, 2.24) is 14.9 Å². The molecule has 0 saturated carbocycles. The first kappa shape index (κ1) is 14.2. The van der Waals surface area contributed by atoms with Gasteiger partial charge in [0.25, 0.3) is 5.91 Å². The summed E-state index contributed by atoms with van der Waals surface area (Å²) in [6, 6.07) is 7.89. The van der Waals surface area contributed by atoms with Gasteiger partial charge >= 0.3 is 0 Å². The van der Waals surface area contributed by atoms with Crippen molar-refractivity contribution < 1.29 is 4.79 Å². The second-order valence-electron chi connectivity index (χ2n) is 5.18. The van der Waals surface area contributed by atoms with Crippen molar-refractivity contribution in [2.45, 2.75) is 30.2 Å². The molecular weight excluding hydrogens is 282 g/mol. The molecule has 5 heteroatoms. The summed E-state index contributed by atoms with van der Waals surface area (Å²) in [5.74, 6) is 1.01. The number of benzene rings is 1. The molecule has 3 rings (SSSR count). The number of aromatic nitrogens is 2. The van der Waals surface area contributed by atoms with Crippen LogP contribution < -0.4 is 0 Å². The molecule has 1 atom stereocenters. The molecule has 110 valence electrons. The fourth-order valence-corrected chi connectivity index (χ4v) is 3.48. The zero-order chi connectivity index (χ0) is 14.7. The number of carbonyl (C=O) groups excluding carboxylic acids is 1. The van der Waals surface area contributed by atoms with Crippen molar-refractivity contribution in [3.63, 3.8) is 0 Å². The topological polar surface area (TPSA) is 49.0 Å². The fraction of sp³-hybridized carbons (Fsp3) is 0.375. The number of aromatic amines is 1. The summed E-state index contributed by atoms with van der Waals surface area (Å²) in [6.45, 7) is 0.799. The van der Waals surface area contributed by atoms with E-state index < -0.39 is 0 Å². The van der Waals surface area contributed by atoms with Gasteiger partial charge in [-0.15, -0.1) is 11.8 Å². The summed E-state index contributed by atoms with van der Waals surface area (Å²) in [4.78, 5) is 23.5. The molecule has 1 saturated heterocycles. The summed E-state index contributed by atoms with van der Waals surface area (Å²) < 4.78 is 0. The van der Waals surface area contributed by atoms with Crippen molar-refractivity contribution >= 4 is 17.7 Å². The lowest BCUT2D eigenvalue weighted by atomic mass is 10.00. The molecule has 0 unspecified atom stereocenters. The van der Waals surface area contributed by atoms with Crippen molar-refractivity contribution in [2.24, 2.45) is 0 Å². The minimum absolute atomic E-state index is 0.0659. The second kappa shape index (κ2) is 6.35. The summed E-state index contributed by atoms with van der Waals surface area (Å²) in [5.41, 5.74) is 0.795. The first-order chi connectivity index (χ1) is 10.3. The SMILES string of the molecule is CSc1ccccc1C(=O)N1CCCC[C@@H]1c1ncc[nH]1. The standard InChI is InChI=1S/C16H19N3OS/c1-21-14-8-3-2-6-12(14)16(20)19-11-5-4-7-13(19)15-17-9-10-18-15/h2-3,6,8-10,13H,4-5,7,11H2,1H3,(H,17,18)/t13-/m1/s1. The van der Waals surface area contributed by atoms with Crippen molar-refractivity contribution in [2.75, 3.05) is 12.8 Å². The van der Waals surface area contributed by atoms with Crippen LogP contribution in [0.5, 0.6) is 0 Å². The monoisotopic (exact) mass is 301 g/mol. The Hall–Kier alpha value is -1.75. The number of nitrogens with zero attached hydrogens (tertiary/aromatic N) is 2. The van der Waals surface area contributed by atoms with E-state index in [0.717, 1.165) is 42.1 Å². The predicted octanol–water partition coefficient (Wildman–Crippen LogP) is 3.50. The van der Waals surface area contributed by atoms with Gasteiger partial charge in [0.05, 0.1) is 11.6 Å². The Kier molecular flexibility index (Phi) is 4.29. The lowest BCUT2D eigenvalue weighted by Crippen LogP contribution is -2.39. The molecule has 1 aromatic carbocycles. The average Bonchev–Trinajstić information content (AvgIpc) is 3.08. The van der Waals surface area contributed by atoms with Crippen molar-refractivity contribution in [3.8, 4) is 0 Å². The van der Waals surface area contributed by atoms with Gasteiger partial charge in [0, 0.05) is 23.8 Å². The smallest absolute Gasteiger partial charge is 0.255 e. The maximum atomic E-state index is 13.0. The summed E-state index contributed by atoms with van der Waals surface area (Å²) in [5, 5.41) is 0. The second-order valence-corrected chi connectivity index (χ2v) is 6.03. The quantitative estimate of drug-likeness (QED) is 0.883. The van der Waals surface area contributed by atoms with Gasteiger partial charge < -0.3 is 9.88 Å². The molecular formula is C16H19N3OS. The molecule has 1 aliphatic heterocycles. The normalized spacial score (nSPS) is 18.7. The Labute approximate surface area is 129 Å². The molecule has 1 aromatic heterocycles. The van der Waals surface area contributed by atoms with Crippen LogP contribution in [0.2, 0.25) is 0 Å². The molecule has 0 aliphatic carbocycles. The van der Waals surface area contributed by atoms with E-state index in [9.17, 15) is 4.79 Å². The molecule has 0 bridgehead atoms. The third-order valence-corrected chi connectivity index (χ3v) is 4.73. The van der Waals surface area contributed by atoms with Gasteiger partial charge in [-0.25, -0.2) is 4.98 Å². The highest BCUT2D eigenvalue weighted by Gasteiger charge is 2.30. The maximum absolute atomic E-state index is 13.0. The van der Waals surface area contributed by atoms with E-state index in [2.05, 4.69) is 9.97 Å². The Balaban J connectivity index is 1.91. The summed E-state index contributed by atoms with van der Waals surface area (Å²) >= 11 is 1.62. The van der Waals surface area contributed by atoms with Crippen LogP contribution in [-0.2, 0) is 0 Å². The number of hydrogen-bond donors (Lipinski definition) is 1. The molecule has 1 fully saturated rings. The number of amides is 1. The number of H-pyrrole nitrogens is 1. The number of carbonyl (C=O) groups is 1. The van der Waals surface area contributed by atoms with E-state index in [4.69, 9.17) is 0 Å². The van der Waals surface area contributed by atoms with Crippen LogP contribution in [0, 0.1) is 0 Å². The van der Waals surface area contributed by atoms with Crippen LogP contribution in [0.3, 0.4) is 0 Å². The molecule has 1 aliphatic rings. The van der Waals surface area contributed by atoms with E-state index >= 15 is 0 Å². The van der Waals surface area contributed by atoms with Gasteiger partial charge in [-0.1, -0.05) is 12.1 Å². The van der Waals surface area contributed by atoms with E-state index in [-0.39, 0.29) is 11.9 Å². The van der Waals surface area contributed by atoms with Crippen LogP contribution in [0.25, 0.3) is 0 Å². The van der Waals surface area contributed by atoms with Gasteiger partial charge in [-0.05, 0) is 37.7 Å². The van der Waals surface area contributed by atoms with Gasteiger partial charge in [0.15, 0.2) is 0 Å². The van der Waals surface area contributed by atoms with Gasteiger partial charge in [-0.3, -0.25) is 4.79 Å². The van der Waals surface area contributed by atoms with Crippen LogP contribution >= 0.6 is 11.8 Å². The first-order valence-electron chi connectivity index (χ1n) is 7.24. The van der Waals surface area contributed by atoms with E-state index in [0.29, 0.717) is 0 Å². The Morgan fingerprint density at radius 2 is 2.24 bits per heavy atom. The van der Waals surface area contributed by atoms with Crippen LogP contribution in [-0.4, -0.2) is 33.6 Å². The number of likely N-dealkylation sites (tertiary alicyclic amines) is 1. The van der Waals surface area contributed by atoms with Crippen LogP contribution in [0.4, 0.5) is 0 Å². The number of nitrogens with one attached hydrogen (secondary N) is 1. The molecule has 21 heavy (non-hydrogen) atoms. The van der Waals surface area contributed by atoms with E-state index in [1.54, 1.807) is 18.0 Å². The molecule has 0 spiro atoms. The average molecular weight is 301 g/mol. The highest BCUT2D eigenvalue weighted by atomic mass is 32.2. The first-order valence-corrected chi connectivity index (χ1v) is 8.47. The number of hydrogen-bond acceptors (Lipinski definition) is 3. The molecule has 0 radical (unpaired) electrons. The third-order valence-electron chi connectivity index (χ3n) is 3.94. The maximum Gasteiger partial charge on any atom is 0.255 e. The number of rotatable bonds is 3. The lowest BCUT2D eigenvalue weighted by molar-refractivity contribution is 0.0597. The predicted molar refractivity (Wildman–Crippen MR) is 84.4 cm³/mol. The lowest BCUT2D eigenvalue weighted by Gasteiger charge is -2.35. The Morgan fingerprint density at radius 1 is 1.38 bits per heavy atom. The Morgan fingerprint density at radius 3 is 3.00 bits per heavy atom. The zero-order valence-electron chi connectivity index (χ0n) is 12.1. The fourth-order valence-electron chi connectivity index (χ4n) is 2.89. The minimum atomic E-state index is 0.0659. The van der Waals surface area contributed by atoms with Crippen LogP contribution in [0.15, 0.2) is 41.6 Å². The third kappa shape index (κ3) is 2.83. The number of thioether (sulfide) groups is 1. The van der Waals surface area contributed by atoms with E-state index in [1.807, 2.05) is 41.6 Å². The van der Waals surface area contributed by atoms with Gasteiger partial charge in [-0.2, -0.15) is 0 Å². The van der Waals surface area contributed by atoms with Gasteiger partial charge in [0.2, 0.25) is 0 Å². The van der Waals surface area contributed by atoms with Crippen molar-refractivity contribution in [1.29, 1.82) is 0 Å². The number of piperidine rings is 1. The molecule has 1 amide bonds. The molecule has 1 N–H and O–H groups in total. The molecule has 4 nitrogen and oxygen atoms in total. The summed E-state index contributed by atoms with van der Waals surface area (Å²) in [6.07, 6.45) is 8.75. The minimum Gasteiger partial charge on any atom is -0.347 e. The summed E-state index contributed by atoms with van der Waals surface area (Å²) in [7, 11) is 0. The molecule has 2 aromatic rings. The number of imidazole rings is 1. The van der Waals surface area contributed by atoms with Crippen LogP contribution in [0.1, 0.15) is 41.5 Å². The highest BCUT2D eigenvalue weighted by molar-refractivity contribution is 7.98. The van der Waals surface area contributed by atoms with E-state index in [1.165, 1.54) is 0 Å². The Bertz CT molecular complexity index is 612. The zero-order valence-corrected chi connectivity index (χ0v) is 12.9. The van der Waals surface area contributed by atoms with Crippen molar-refractivity contribution in [3.05, 3.63) is 48.0 Å². The highest BCUT2D eigenvalue weighted by Crippen LogP contribution is 2.31. The largest absolute Gasteiger partial charge is 0.347 e. The molecule has 2 heterocycles.